The minimum absolute atomic E-state index is 0.0328. The van der Waals surface area contributed by atoms with Gasteiger partial charge in [0.25, 0.3) is 5.91 Å². The Hall–Kier alpha value is -2.96. The average molecular weight is 418 g/mol. The van der Waals surface area contributed by atoms with Gasteiger partial charge < -0.3 is 5.32 Å². The predicted octanol–water partition coefficient (Wildman–Crippen LogP) is 4.12. The number of amides is 3. The van der Waals surface area contributed by atoms with Crippen LogP contribution in [0.4, 0.5) is 4.79 Å². The molecule has 3 aromatic rings. The van der Waals surface area contributed by atoms with Crippen molar-refractivity contribution in [1.82, 2.24) is 15.1 Å². The second-order valence-corrected chi connectivity index (χ2v) is 8.97. The monoisotopic (exact) mass is 417 g/mol. The first-order chi connectivity index (χ1) is 14.6. The van der Waals surface area contributed by atoms with E-state index in [1.54, 1.807) is 18.3 Å². The van der Waals surface area contributed by atoms with Crippen molar-refractivity contribution in [2.24, 2.45) is 0 Å². The van der Waals surface area contributed by atoms with Crippen molar-refractivity contribution < 1.29 is 9.59 Å². The van der Waals surface area contributed by atoms with Gasteiger partial charge in [-0.15, -0.1) is 11.3 Å². The Morgan fingerprint density at radius 1 is 1.03 bits per heavy atom. The first-order valence-corrected chi connectivity index (χ1v) is 11.0. The second-order valence-electron chi connectivity index (χ2n) is 7.97. The number of imide groups is 1. The van der Waals surface area contributed by atoms with Crippen molar-refractivity contribution in [3.63, 3.8) is 0 Å². The van der Waals surface area contributed by atoms with Crippen molar-refractivity contribution in [1.29, 1.82) is 0 Å². The van der Waals surface area contributed by atoms with E-state index in [9.17, 15) is 9.59 Å². The number of thiophene rings is 1. The molecule has 0 bridgehead atoms. The molecule has 0 aliphatic carbocycles. The molecule has 6 heteroatoms. The summed E-state index contributed by atoms with van der Waals surface area (Å²) >= 11 is 1.78. The van der Waals surface area contributed by atoms with Crippen LogP contribution in [0.15, 0.2) is 72.1 Å². The zero-order chi connectivity index (χ0) is 20.7. The smallest absolute Gasteiger partial charge is 0.319 e. The molecule has 2 aliphatic heterocycles. The van der Waals surface area contributed by atoms with Gasteiger partial charge in [-0.2, -0.15) is 0 Å². The van der Waals surface area contributed by atoms with Crippen LogP contribution in [0.2, 0.25) is 0 Å². The number of carbonyl (C=O) groups is 2. The predicted molar refractivity (Wildman–Crippen MR) is 117 cm³/mol. The molecule has 2 atom stereocenters. The maximum Gasteiger partial charge on any atom is 0.326 e. The average Bonchev–Trinajstić information content (AvgIpc) is 3.34. The SMILES string of the molecule is C[C@@]1(c2ccccc2)NC(=O)N(CN2CCc3sccc3[C@@H]2c2ccccc2)C1=O. The molecule has 3 amide bonds. The fourth-order valence-corrected chi connectivity index (χ4v) is 5.42. The number of rotatable bonds is 4. The summed E-state index contributed by atoms with van der Waals surface area (Å²) in [4.78, 5) is 31.2. The number of nitrogens with zero attached hydrogens (tertiary/aromatic N) is 2. The first-order valence-electron chi connectivity index (χ1n) is 10.1. The molecule has 30 heavy (non-hydrogen) atoms. The number of nitrogens with one attached hydrogen (secondary N) is 1. The molecule has 1 N–H and O–H groups in total. The number of benzene rings is 2. The molecule has 152 valence electrons. The summed E-state index contributed by atoms with van der Waals surface area (Å²) in [6.07, 6.45) is 0.927. The van der Waals surface area contributed by atoms with Gasteiger partial charge in [-0.1, -0.05) is 60.7 Å². The van der Waals surface area contributed by atoms with Crippen LogP contribution in [-0.4, -0.2) is 35.0 Å². The van der Waals surface area contributed by atoms with Crippen LogP contribution in [0.3, 0.4) is 0 Å². The van der Waals surface area contributed by atoms with Crippen LogP contribution in [0.5, 0.6) is 0 Å². The van der Waals surface area contributed by atoms with Gasteiger partial charge >= 0.3 is 6.03 Å². The van der Waals surface area contributed by atoms with Gasteiger partial charge in [-0.3, -0.25) is 9.69 Å². The zero-order valence-corrected chi connectivity index (χ0v) is 17.6. The van der Waals surface area contributed by atoms with Crippen LogP contribution in [0.1, 0.15) is 34.5 Å². The van der Waals surface area contributed by atoms with Gasteiger partial charge in [0.1, 0.15) is 5.54 Å². The molecule has 0 saturated carbocycles. The van der Waals surface area contributed by atoms with Gasteiger partial charge in [0, 0.05) is 11.4 Å². The molecule has 1 aromatic heterocycles. The second kappa shape index (κ2) is 7.38. The van der Waals surface area contributed by atoms with Crippen molar-refractivity contribution in [3.8, 4) is 0 Å². The fourth-order valence-electron chi connectivity index (χ4n) is 4.52. The summed E-state index contributed by atoms with van der Waals surface area (Å²) in [5.41, 5.74) is 2.21. The molecular formula is C24H23N3O2S. The normalized spacial score (nSPS) is 24.0. The Morgan fingerprint density at radius 3 is 2.47 bits per heavy atom. The van der Waals surface area contributed by atoms with Crippen molar-refractivity contribution in [2.75, 3.05) is 13.2 Å². The van der Waals surface area contributed by atoms with Crippen LogP contribution in [0, 0.1) is 0 Å². The van der Waals surface area contributed by atoms with Crippen molar-refractivity contribution in [2.45, 2.75) is 24.9 Å². The highest BCUT2D eigenvalue weighted by molar-refractivity contribution is 7.10. The van der Waals surface area contributed by atoms with Crippen molar-refractivity contribution >= 4 is 23.3 Å². The summed E-state index contributed by atoms with van der Waals surface area (Å²) in [5, 5.41) is 5.05. The van der Waals surface area contributed by atoms with E-state index in [2.05, 4.69) is 33.8 Å². The van der Waals surface area contributed by atoms with E-state index in [-0.39, 0.29) is 24.6 Å². The Kier molecular flexibility index (Phi) is 4.68. The Morgan fingerprint density at radius 2 is 1.73 bits per heavy atom. The number of hydrogen-bond acceptors (Lipinski definition) is 4. The molecule has 5 nitrogen and oxygen atoms in total. The Labute approximate surface area is 179 Å². The molecule has 1 fully saturated rings. The van der Waals surface area contributed by atoms with Gasteiger partial charge in [-0.25, -0.2) is 9.69 Å². The maximum atomic E-state index is 13.4. The highest BCUT2D eigenvalue weighted by Gasteiger charge is 2.49. The highest BCUT2D eigenvalue weighted by atomic mass is 32.1. The van der Waals surface area contributed by atoms with E-state index in [1.807, 2.05) is 48.5 Å². The van der Waals surface area contributed by atoms with E-state index in [0.717, 1.165) is 18.5 Å². The van der Waals surface area contributed by atoms with Crippen LogP contribution < -0.4 is 5.32 Å². The van der Waals surface area contributed by atoms with Crippen molar-refractivity contribution in [3.05, 3.63) is 93.7 Å². The molecular weight excluding hydrogens is 394 g/mol. The lowest BCUT2D eigenvalue weighted by atomic mass is 9.92. The standard InChI is InChI=1S/C24H23N3O2S/c1-24(18-10-6-3-7-11-18)22(28)27(23(29)25-24)16-26-14-12-20-19(13-15-30-20)21(26)17-8-4-2-5-9-17/h2-11,13,15,21H,12,14,16H2,1H3,(H,25,29)/t21-,24-/m0/s1. The minimum Gasteiger partial charge on any atom is -0.319 e. The summed E-state index contributed by atoms with van der Waals surface area (Å²) in [5.74, 6) is -0.207. The van der Waals surface area contributed by atoms with E-state index < -0.39 is 5.54 Å². The number of urea groups is 1. The van der Waals surface area contributed by atoms with E-state index in [0.29, 0.717) is 0 Å². The quantitative estimate of drug-likeness (QED) is 0.650. The molecule has 3 heterocycles. The Balaban J connectivity index is 1.46. The number of hydrogen-bond donors (Lipinski definition) is 1. The highest BCUT2D eigenvalue weighted by Crippen LogP contribution is 2.38. The van der Waals surface area contributed by atoms with E-state index >= 15 is 0 Å². The molecule has 0 spiro atoms. The fraction of sp³-hybridized carbons (Fsp3) is 0.250. The maximum absolute atomic E-state index is 13.4. The van der Waals surface area contributed by atoms with Gasteiger partial charge in [-0.05, 0) is 41.5 Å². The lowest BCUT2D eigenvalue weighted by Crippen LogP contribution is -2.47. The largest absolute Gasteiger partial charge is 0.326 e. The summed E-state index contributed by atoms with van der Waals surface area (Å²) in [7, 11) is 0. The first kappa shape index (κ1) is 19.0. The zero-order valence-electron chi connectivity index (χ0n) is 16.7. The van der Waals surface area contributed by atoms with E-state index in [4.69, 9.17) is 0 Å². The molecule has 0 unspecified atom stereocenters. The summed E-state index contributed by atoms with van der Waals surface area (Å²) in [6, 6.07) is 21.6. The minimum atomic E-state index is -1.04. The molecule has 2 aromatic carbocycles. The van der Waals surface area contributed by atoms with Crippen LogP contribution in [0.25, 0.3) is 0 Å². The third-order valence-electron chi connectivity index (χ3n) is 6.13. The van der Waals surface area contributed by atoms with Crippen LogP contribution in [-0.2, 0) is 16.8 Å². The summed E-state index contributed by atoms with van der Waals surface area (Å²) in [6.45, 7) is 2.85. The lowest BCUT2D eigenvalue weighted by Gasteiger charge is -2.37. The molecule has 0 radical (unpaired) electrons. The van der Waals surface area contributed by atoms with Gasteiger partial charge in [0.15, 0.2) is 0 Å². The van der Waals surface area contributed by atoms with Crippen LogP contribution >= 0.6 is 11.3 Å². The lowest BCUT2D eigenvalue weighted by molar-refractivity contribution is -0.132. The molecule has 2 aliphatic rings. The summed E-state index contributed by atoms with van der Waals surface area (Å²) < 4.78 is 0. The third-order valence-corrected chi connectivity index (χ3v) is 7.13. The van der Waals surface area contributed by atoms with Gasteiger partial charge in [0.2, 0.25) is 0 Å². The number of fused-ring (bicyclic) bond motifs is 1. The van der Waals surface area contributed by atoms with E-state index in [1.165, 1.54) is 20.9 Å². The third kappa shape index (κ3) is 3.04. The topological polar surface area (TPSA) is 52.7 Å². The van der Waals surface area contributed by atoms with Gasteiger partial charge in [0.05, 0.1) is 12.7 Å². The molecule has 1 saturated heterocycles. The Bertz CT molecular complexity index is 1080. The molecule has 5 rings (SSSR count). The number of carbonyl (C=O) groups excluding carboxylic acids is 2.